The van der Waals surface area contributed by atoms with E-state index in [-0.39, 0.29) is 16.6 Å². The first-order valence-electron chi connectivity index (χ1n) is 9.21. The van der Waals surface area contributed by atoms with Crippen LogP contribution >= 0.6 is 11.8 Å². The molecule has 29 heavy (non-hydrogen) atoms. The molecule has 0 fully saturated rings. The van der Waals surface area contributed by atoms with Crippen LogP contribution in [0.4, 0.5) is 18.9 Å². The number of hydrogen-bond acceptors (Lipinski definition) is 4. The molecule has 4 nitrogen and oxygen atoms in total. The third-order valence-electron chi connectivity index (χ3n) is 4.94. The first kappa shape index (κ1) is 21.5. The van der Waals surface area contributed by atoms with Crippen LogP contribution in [0.25, 0.3) is 0 Å². The summed E-state index contributed by atoms with van der Waals surface area (Å²) in [6.45, 7) is 2.57. The Balaban J connectivity index is 2.15. The second-order valence-electron chi connectivity index (χ2n) is 7.36. The Morgan fingerprint density at radius 2 is 1.79 bits per heavy atom. The Morgan fingerprint density at radius 1 is 1.14 bits per heavy atom. The number of thioether (sulfide) groups is 1. The van der Waals surface area contributed by atoms with Gasteiger partial charge in [0.25, 0.3) is 0 Å². The van der Waals surface area contributed by atoms with Crippen LogP contribution < -0.4 is 4.90 Å². The Hall–Kier alpha value is -2.19. The van der Waals surface area contributed by atoms with Crippen LogP contribution in [0.1, 0.15) is 23.3 Å². The second-order valence-corrected chi connectivity index (χ2v) is 8.52. The third kappa shape index (κ3) is 4.53. The van der Waals surface area contributed by atoms with Gasteiger partial charge < -0.3 is 14.9 Å². The first-order valence-corrected chi connectivity index (χ1v) is 10.1. The van der Waals surface area contributed by atoms with Gasteiger partial charge in [-0.3, -0.25) is 4.79 Å². The van der Waals surface area contributed by atoms with Gasteiger partial charge in [-0.25, -0.2) is 0 Å². The maximum Gasteiger partial charge on any atom is 0.417 e. The van der Waals surface area contributed by atoms with Gasteiger partial charge in [-0.15, -0.1) is 11.8 Å². The van der Waals surface area contributed by atoms with Crippen molar-refractivity contribution in [3.05, 3.63) is 53.6 Å². The van der Waals surface area contributed by atoms with E-state index in [9.17, 15) is 23.1 Å². The number of phenolic OH excluding ortho intramolecular Hbond substituents is 1. The summed E-state index contributed by atoms with van der Waals surface area (Å²) in [5, 5.41) is 9.06. The van der Waals surface area contributed by atoms with Crippen LogP contribution in [0.2, 0.25) is 0 Å². The molecular formula is C21H23F3N2O2S. The lowest BCUT2D eigenvalue weighted by molar-refractivity contribution is -0.139. The summed E-state index contributed by atoms with van der Waals surface area (Å²) in [4.78, 5) is 16.7. The van der Waals surface area contributed by atoms with Gasteiger partial charge >= 0.3 is 6.18 Å². The minimum Gasteiger partial charge on any atom is -0.508 e. The minimum atomic E-state index is -4.53. The smallest absolute Gasteiger partial charge is 0.417 e. The maximum atomic E-state index is 13.8. The molecule has 0 saturated heterocycles. The van der Waals surface area contributed by atoms with Gasteiger partial charge in [-0.05, 0) is 43.9 Å². The van der Waals surface area contributed by atoms with Crippen LogP contribution in [0.5, 0.6) is 5.75 Å². The highest BCUT2D eigenvalue weighted by Gasteiger charge is 2.41. The monoisotopic (exact) mass is 424 g/mol. The largest absolute Gasteiger partial charge is 0.508 e. The maximum absolute atomic E-state index is 13.8. The van der Waals surface area contributed by atoms with E-state index < -0.39 is 22.9 Å². The van der Waals surface area contributed by atoms with Crippen molar-refractivity contribution >= 4 is 23.4 Å². The minimum absolute atomic E-state index is 0.0644. The van der Waals surface area contributed by atoms with Crippen molar-refractivity contribution in [3.8, 4) is 5.75 Å². The highest BCUT2D eigenvalue weighted by atomic mass is 32.2. The van der Waals surface area contributed by atoms with E-state index in [1.165, 1.54) is 23.1 Å². The number of likely N-dealkylation sites (N-methyl/N-ethyl adjacent to an activating group) is 1. The molecule has 156 valence electrons. The summed E-state index contributed by atoms with van der Waals surface area (Å²) >= 11 is 1.06. The standard InChI is InChI=1S/C21H23F3N2O2S/c1-13-18(14-7-9-15(27)10-8-14)29-19-16(21(22,23)24)5-4-6-17(19)26(20(13)28)12-11-25(2)3/h4-10,13,18,27H,11-12H2,1-3H3/t13-,18-/m1/s1. The third-order valence-corrected chi connectivity index (χ3v) is 6.54. The lowest BCUT2D eigenvalue weighted by atomic mass is 9.98. The molecule has 0 bridgehead atoms. The fourth-order valence-corrected chi connectivity index (χ4v) is 4.84. The Bertz CT molecular complexity index is 884. The highest BCUT2D eigenvalue weighted by Crippen LogP contribution is 2.52. The normalized spacial score (nSPS) is 20.0. The molecule has 1 aliphatic heterocycles. The van der Waals surface area contributed by atoms with E-state index in [0.717, 1.165) is 17.8 Å². The van der Waals surface area contributed by atoms with Gasteiger partial charge in [0.15, 0.2) is 0 Å². The molecule has 1 heterocycles. The molecule has 1 N–H and O–H groups in total. The highest BCUT2D eigenvalue weighted by molar-refractivity contribution is 7.99. The zero-order valence-corrected chi connectivity index (χ0v) is 17.2. The van der Waals surface area contributed by atoms with Crippen molar-refractivity contribution in [3.63, 3.8) is 0 Å². The van der Waals surface area contributed by atoms with Gasteiger partial charge in [0, 0.05) is 23.2 Å². The molecule has 3 rings (SSSR count). The molecule has 0 saturated carbocycles. The zero-order valence-electron chi connectivity index (χ0n) is 16.4. The van der Waals surface area contributed by atoms with E-state index in [1.807, 2.05) is 19.0 Å². The van der Waals surface area contributed by atoms with Crippen LogP contribution in [-0.2, 0) is 11.0 Å². The summed E-state index contributed by atoms with van der Waals surface area (Å²) in [5.41, 5.74) is 0.261. The zero-order chi connectivity index (χ0) is 21.3. The van der Waals surface area contributed by atoms with Crippen molar-refractivity contribution in [1.82, 2.24) is 4.90 Å². The van der Waals surface area contributed by atoms with Gasteiger partial charge in [0.2, 0.25) is 5.91 Å². The van der Waals surface area contributed by atoms with Gasteiger partial charge in [-0.1, -0.05) is 25.1 Å². The summed E-state index contributed by atoms with van der Waals surface area (Å²) in [7, 11) is 3.71. The number of fused-ring (bicyclic) bond motifs is 1. The number of phenols is 1. The lowest BCUT2D eigenvalue weighted by Gasteiger charge is -2.27. The topological polar surface area (TPSA) is 43.8 Å². The van der Waals surface area contributed by atoms with Crippen LogP contribution in [0, 0.1) is 5.92 Å². The summed E-state index contributed by atoms with van der Waals surface area (Å²) < 4.78 is 41.3. The first-order chi connectivity index (χ1) is 13.6. The molecule has 8 heteroatoms. The van der Waals surface area contributed by atoms with E-state index in [1.54, 1.807) is 25.1 Å². The number of amides is 1. The number of alkyl halides is 3. The molecular weight excluding hydrogens is 401 g/mol. The van der Waals surface area contributed by atoms with Gasteiger partial charge in [0.1, 0.15) is 5.75 Å². The fourth-order valence-electron chi connectivity index (χ4n) is 3.36. The molecule has 0 radical (unpaired) electrons. The van der Waals surface area contributed by atoms with Crippen molar-refractivity contribution in [2.24, 2.45) is 5.92 Å². The molecule has 0 aromatic heterocycles. The van der Waals surface area contributed by atoms with E-state index >= 15 is 0 Å². The average molecular weight is 424 g/mol. The number of hydrogen-bond donors (Lipinski definition) is 1. The van der Waals surface area contributed by atoms with Gasteiger partial charge in [-0.2, -0.15) is 13.2 Å². The number of aromatic hydroxyl groups is 1. The van der Waals surface area contributed by atoms with Crippen molar-refractivity contribution in [2.75, 3.05) is 32.1 Å². The molecule has 1 aliphatic rings. The molecule has 2 atom stereocenters. The number of benzene rings is 2. The van der Waals surface area contributed by atoms with Crippen molar-refractivity contribution in [2.45, 2.75) is 23.2 Å². The number of nitrogens with zero attached hydrogens (tertiary/aromatic N) is 2. The summed E-state index contributed by atoms with van der Waals surface area (Å²) in [6, 6.07) is 10.3. The van der Waals surface area contributed by atoms with Crippen LogP contribution in [-0.4, -0.2) is 43.1 Å². The number of anilines is 1. The predicted octanol–water partition coefficient (Wildman–Crippen LogP) is 4.79. The molecule has 1 amide bonds. The number of carbonyl (C=O) groups excluding carboxylic acids is 1. The molecule has 0 spiro atoms. The number of rotatable bonds is 4. The van der Waals surface area contributed by atoms with E-state index in [2.05, 4.69) is 0 Å². The SMILES string of the molecule is C[C@H]1C(=O)N(CCN(C)C)c2cccc(C(F)(F)F)c2S[C@H]1c1ccc(O)cc1. The molecule has 0 unspecified atom stereocenters. The van der Waals surface area contributed by atoms with Crippen LogP contribution in [0.15, 0.2) is 47.4 Å². The van der Waals surface area contributed by atoms with Crippen LogP contribution in [0.3, 0.4) is 0 Å². The second kappa shape index (κ2) is 8.28. The summed E-state index contributed by atoms with van der Waals surface area (Å²) in [5.74, 6) is -0.689. The lowest BCUT2D eigenvalue weighted by Crippen LogP contribution is -2.40. The van der Waals surface area contributed by atoms with E-state index in [0.29, 0.717) is 24.3 Å². The fraction of sp³-hybridized carbons (Fsp3) is 0.381. The number of carbonyl (C=O) groups is 1. The predicted molar refractivity (Wildman–Crippen MR) is 108 cm³/mol. The summed E-state index contributed by atoms with van der Waals surface area (Å²) in [6.07, 6.45) is -4.53. The van der Waals surface area contributed by atoms with E-state index in [4.69, 9.17) is 0 Å². The number of halogens is 3. The van der Waals surface area contributed by atoms with Crippen molar-refractivity contribution < 1.29 is 23.1 Å². The molecule has 2 aromatic carbocycles. The Labute approximate surface area is 172 Å². The molecule has 2 aromatic rings. The Morgan fingerprint density at radius 3 is 2.38 bits per heavy atom. The van der Waals surface area contributed by atoms with Crippen molar-refractivity contribution in [1.29, 1.82) is 0 Å². The van der Waals surface area contributed by atoms with Gasteiger partial charge in [0.05, 0.1) is 17.2 Å². The average Bonchev–Trinajstić information content (AvgIpc) is 2.75. The Kier molecular flexibility index (Phi) is 6.14. The molecule has 0 aliphatic carbocycles. The quantitative estimate of drug-likeness (QED) is 0.767.